The summed E-state index contributed by atoms with van der Waals surface area (Å²) >= 11 is 0. The highest BCUT2D eigenvalue weighted by Gasteiger charge is 2.51. The van der Waals surface area contributed by atoms with Crippen LogP contribution in [0.2, 0.25) is 0 Å². The third-order valence-electron chi connectivity index (χ3n) is 8.21. The highest BCUT2D eigenvalue weighted by atomic mass is 16.1. The molecule has 1 heterocycles. The van der Waals surface area contributed by atoms with Gasteiger partial charge in [-0.3, -0.25) is 4.79 Å². The number of rotatable bonds is 12. The van der Waals surface area contributed by atoms with E-state index >= 15 is 0 Å². The topological polar surface area (TPSA) is 51.9 Å². The molecular formula is C31H42N3O+. The molecule has 2 N–H and O–H groups in total. The van der Waals surface area contributed by atoms with Crippen LogP contribution in [0, 0.1) is 12.8 Å². The molecule has 0 radical (unpaired) electrons. The van der Waals surface area contributed by atoms with Gasteiger partial charge in [-0.25, -0.2) is 9.13 Å². The van der Waals surface area contributed by atoms with E-state index in [1.54, 1.807) is 0 Å². The molecule has 3 aromatic rings. The Hall–Kier alpha value is -2.88. The number of unbranched alkanes of at least 4 members (excludes halogenated alkanes) is 5. The molecule has 35 heavy (non-hydrogen) atoms. The van der Waals surface area contributed by atoms with Gasteiger partial charge in [-0.15, -0.1) is 0 Å². The summed E-state index contributed by atoms with van der Waals surface area (Å²) in [5.74, 6) is 1.22. The molecule has 1 aliphatic carbocycles. The standard InChI is InChI=1S/C31H41N3O/c1-3-4-5-6-7-14-21-33-22-23-34(25(33)2)29-20-19-28(24-29)31(30(32)35,26-15-10-8-11-16-26)27-17-12-9-13-18-27/h8-13,15-18,22-23,28-29H,3-7,14,19-21,24H2,1-2H3,(H-,32,35)/p+1/t28-,29+/m1/s1. The van der Waals surface area contributed by atoms with Crippen molar-refractivity contribution in [2.45, 2.75) is 89.6 Å². The van der Waals surface area contributed by atoms with Gasteiger partial charge in [-0.05, 0) is 49.1 Å². The number of aromatic nitrogens is 2. The van der Waals surface area contributed by atoms with Crippen LogP contribution in [0.3, 0.4) is 0 Å². The minimum Gasteiger partial charge on any atom is -0.369 e. The second kappa shape index (κ2) is 11.7. The molecule has 4 heteroatoms. The van der Waals surface area contributed by atoms with Crippen LogP contribution < -0.4 is 10.3 Å². The van der Waals surface area contributed by atoms with E-state index in [0.717, 1.165) is 36.9 Å². The van der Waals surface area contributed by atoms with E-state index in [4.69, 9.17) is 5.73 Å². The fraction of sp³-hybridized carbons (Fsp3) is 0.484. The van der Waals surface area contributed by atoms with E-state index in [-0.39, 0.29) is 11.8 Å². The number of amides is 1. The third-order valence-corrected chi connectivity index (χ3v) is 8.21. The Morgan fingerprint density at radius 1 is 0.943 bits per heavy atom. The highest BCUT2D eigenvalue weighted by Crippen LogP contribution is 2.49. The van der Waals surface area contributed by atoms with Crippen LogP contribution >= 0.6 is 0 Å². The van der Waals surface area contributed by atoms with Crippen LogP contribution in [0.1, 0.15) is 87.7 Å². The van der Waals surface area contributed by atoms with Gasteiger partial charge < -0.3 is 5.73 Å². The van der Waals surface area contributed by atoms with E-state index < -0.39 is 5.41 Å². The van der Waals surface area contributed by atoms with Crippen molar-refractivity contribution in [1.29, 1.82) is 0 Å². The molecule has 2 aromatic carbocycles. The predicted molar refractivity (Wildman–Crippen MR) is 142 cm³/mol. The van der Waals surface area contributed by atoms with Gasteiger partial charge in [0.05, 0.1) is 6.54 Å². The summed E-state index contributed by atoms with van der Waals surface area (Å²) in [7, 11) is 0. The van der Waals surface area contributed by atoms with Crippen LogP contribution in [0.4, 0.5) is 0 Å². The number of benzene rings is 2. The summed E-state index contributed by atoms with van der Waals surface area (Å²) in [5.41, 5.74) is 7.48. The molecule has 1 aliphatic rings. The normalized spacial score (nSPS) is 18.1. The minimum atomic E-state index is -0.813. The van der Waals surface area contributed by atoms with E-state index in [2.05, 4.69) is 59.6 Å². The van der Waals surface area contributed by atoms with Gasteiger partial charge in [0.15, 0.2) is 0 Å². The van der Waals surface area contributed by atoms with Crippen molar-refractivity contribution in [1.82, 2.24) is 4.57 Å². The lowest BCUT2D eigenvalue weighted by molar-refractivity contribution is -0.703. The van der Waals surface area contributed by atoms with Crippen LogP contribution in [-0.2, 0) is 16.8 Å². The highest BCUT2D eigenvalue weighted by molar-refractivity contribution is 5.91. The first-order valence-corrected chi connectivity index (χ1v) is 13.6. The maximum Gasteiger partial charge on any atom is 0.253 e. The summed E-state index contributed by atoms with van der Waals surface area (Å²) in [6.07, 6.45) is 15.4. The summed E-state index contributed by atoms with van der Waals surface area (Å²) in [6, 6.07) is 20.7. The van der Waals surface area contributed by atoms with Gasteiger partial charge in [0, 0.05) is 6.92 Å². The lowest BCUT2D eigenvalue weighted by atomic mass is 9.64. The van der Waals surface area contributed by atoms with Crippen molar-refractivity contribution in [3.63, 3.8) is 0 Å². The van der Waals surface area contributed by atoms with Gasteiger partial charge in [0.2, 0.25) is 5.91 Å². The molecule has 4 nitrogen and oxygen atoms in total. The summed E-state index contributed by atoms with van der Waals surface area (Å²) in [4.78, 5) is 13.3. The number of nitrogens with two attached hydrogens (primary N) is 1. The molecule has 1 fully saturated rings. The number of nitrogens with zero attached hydrogens (tertiary/aromatic N) is 2. The Kier molecular flexibility index (Phi) is 8.43. The number of hydrogen-bond acceptors (Lipinski definition) is 1. The van der Waals surface area contributed by atoms with Gasteiger partial charge >= 0.3 is 0 Å². The van der Waals surface area contributed by atoms with E-state index in [1.807, 2.05) is 36.4 Å². The Labute approximate surface area is 211 Å². The number of imidazole rings is 1. The minimum absolute atomic E-state index is 0.156. The average molecular weight is 473 g/mol. The first-order chi connectivity index (χ1) is 17.1. The predicted octanol–water partition coefficient (Wildman–Crippen LogP) is 6.26. The SMILES string of the molecule is CCCCCCCC[n+]1ccn([C@H]2CC[C@@H](C(C(N)=O)(c3ccccc3)c3ccccc3)C2)c1C. The molecule has 2 atom stereocenters. The zero-order valence-electron chi connectivity index (χ0n) is 21.5. The average Bonchev–Trinajstić information content (AvgIpc) is 3.50. The maximum atomic E-state index is 13.3. The molecule has 4 rings (SSSR count). The molecule has 186 valence electrons. The molecular weight excluding hydrogens is 430 g/mol. The lowest BCUT2D eigenvalue weighted by Crippen LogP contribution is -2.47. The van der Waals surface area contributed by atoms with Crippen LogP contribution in [-0.4, -0.2) is 10.5 Å². The smallest absolute Gasteiger partial charge is 0.253 e. The van der Waals surface area contributed by atoms with Gasteiger partial charge in [0.25, 0.3) is 5.82 Å². The first kappa shape index (κ1) is 25.2. The van der Waals surface area contributed by atoms with Crippen molar-refractivity contribution in [2.24, 2.45) is 11.7 Å². The molecule has 0 bridgehead atoms. The fourth-order valence-electron chi connectivity index (χ4n) is 6.33. The molecule has 1 saturated carbocycles. The first-order valence-electron chi connectivity index (χ1n) is 13.6. The zero-order valence-corrected chi connectivity index (χ0v) is 21.5. The van der Waals surface area contributed by atoms with Gasteiger partial charge in [-0.1, -0.05) is 93.3 Å². The second-order valence-corrected chi connectivity index (χ2v) is 10.3. The van der Waals surface area contributed by atoms with Crippen LogP contribution in [0.15, 0.2) is 73.1 Å². The molecule has 1 aromatic heterocycles. The van der Waals surface area contributed by atoms with Gasteiger partial charge in [0.1, 0.15) is 23.9 Å². The number of aryl methyl sites for hydroxylation is 1. The molecule has 0 saturated heterocycles. The van der Waals surface area contributed by atoms with Crippen molar-refractivity contribution in [3.05, 3.63) is 90.0 Å². The fourth-order valence-corrected chi connectivity index (χ4v) is 6.33. The molecule has 1 amide bonds. The van der Waals surface area contributed by atoms with Crippen molar-refractivity contribution >= 4 is 5.91 Å². The zero-order chi connectivity index (χ0) is 24.7. The van der Waals surface area contributed by atoms with Crippen molar-refractivity contribution in [2.75, 3.05) is 0 Å². The van der Waals surface area contributed by atoms with Crippen LogP contribution in [0.5, 0.6) is 0 Å². The quantitative estimate of drug-likeness (QED) is 0.246. The summed E-state index contributed by atoms with van der Waals surface area (Å²) in [5, 5.41) is 0. The molecule has 0 spiro atoms. The third kappa shape index (κ3) is 5.22. The number of carbonyl (C=O) groups excluding carboxylic acids is 1. The van der Waals surface area contributed by atoms with Gasteiger partial charge in [-0.2, -0.15) is 0 Å². The Bertz CT molecular complexity index is 1030. The largest absolute Gasteiger partial charge is 0.369 e. The van der Waals surface area contributed by atoms with Crippen molar-refractivity contribution in [3.8, 4) is 0 Å². The second-order valence-electron chi connectivity index (χ2n) is 10.3. The Balaban J connectivity index is 1.54. The summed E-state index contributed by atoms with van der Waals surface area (Å²) < 4.78 is 4.85. The van der Waals surface area contributed by atoms with Crippen molar-refractivity contribution < 1.29 is 9.36 Å². The number of primary amides is 1. The molecule has 0 unspecified atom stereocenters. The number of hydrogen-bond donors (Lipinski definition) is 1. The lowest BCUT2D eigenvalue weighted by Gasteiger charge is -2.37. The van der Waals surface area contributed by atoms with E-state index in [9.17, 15) is 4.79 Å². The van der Waals surface area contributed by atoms with Crippen LogP contribution in [0.25, 0.3) is 0 Å². The number of carbonyl (C=O) groups is 1. The van der Waals surface area contributed by atoms with E-state index in [1.165, 1.54) is 44.3 Å². The maximum absolute atomic E-state index is 13.3. The molecule has 0 aliphatic heterocycles. The summed E-state index contributed by atoms with van der Waals surface area (Å²) in [6.45, 7) is 5.59. The monoisotopic (exact) mass is 472 g/mol. The Morgan fingerprint density at radius 3 is 2.14 bits per heavy atom. The van der Waals surface area contributed by atoms with E-state index in [0.29, 0.717) is 6.04 Å². The Morgan fingerprint density at radius 2 is 1.54 bits per heavy atom.